The van der Waals surface area contributed by atoms with E-state index in [1.54, 1.807) is 18.2 Å². The third-order valence-electron chi connectivity index (χ3n) is 2.10. The number of aromatic nitrogens is 2. The molecular weight excluding hydrogens is 230 g/mol. The minimum atomic E-state index is -1.01. The Bertz CT molecular complexity index is 612. The van der Waals surface area contributed by atoms with Crippen LogP contribution in [0.4, 0.5) is 0 Å². The van der Waals surface area contributed by atoms with Crippen LogP contribution in [0.25, 0.3) is 10.9 Å². The molecule has 0 amide bonds. The van der Waals surface area contributed by atoms with Crippen LogP contribution in [0.1, 0.15) is 5.69 Å². The van der Waals surface area contributed by atoms with Crippen LogP contribution in [-0.4, -0.2) is 20.9 Å². The van der Waals surface area contributed by atoms with Gasteiger partial charge in [0.05, 0.1) is 5.52 Å². The Morgan fingerprint density at radius 1 is 1.62 bits per heavy atom. The molecule has 0 unspecified atom stereocenters. The van der Waals surface area contributed by atoms with Gasteiger partial charge in [0, 0.05) is 10.4 Å². The Kier molecular flexibility index (Phi) is 2.50. The minimum absolute atomic E-state index is 0.179. The Morgan fingerprint density at radius 3 is 3.00 bits per heavy atom. The van der Waals surface area contributed by atoms with Gasteiger partial charge in [0.25, 0.3) is 0 Å². The average molecular weight is 236 g/mol. The summed E-state index contributed by atoms with van der Waals surface area (Å²) in [6, 6.07) is 6.78. The highest BCUT2D eigenvalue weighted by molar-refractivity contribution is 6.31. The number of hydrogen-bond donors (Lipinski definition) is 1. The zero-order valence-electron chi connectivity index (χ0n) is 8.01. The van der Waals surface area contributed by atoms with Crippen LogP contribution < -0.4 is 0 Å². The van der Waals surface area contributed by atoms with E-state index < -0.39 is 5.97 Å². The van der Waals surface area contributed by atoms with E-state index in [1.165, 1.54) is 4.68 Å². The maximum absolute atomic E-state index is 10.6. The maximum atomic E-state index is 10.6. The van der Waals surface area contributed by atoms with Crippen LogP contribution in [0.5, 0.6) is 0 Å². The van der Waals surface area contributed by atoms with Crippen molar-refractivity contribution in [1.29, 1.82) is 5.26 Å². The smallest absolute Gasteiger partial charge is 0.325 e. The number of nitriles is 1. The molecule has 2 rings (SSSR count). The fourth-order valence-corrected chi connectivity index (χ4v) is 1.65. The highest BCUT2D eigenvalue weighted by Gasteiger charge is 2.12. The van der Waals surface area contributed by atoms with E-state index in [0.717, 1.165) is 0 Å². The molecule has 5 nitrogen and oxygen atoms in total. The van der Waals surface area contributed by atoms with Crippen molar-refractivity contribution in [2.24, 2.45) is 0 Å². The zero-order valence-corrected chi connectivity index (χ0v) is 8.77. The summed E-state index contributed by atoms with van der Waals surface area (Å²) in [6.07, 6.45) is 0. The molecule has 1 aromatic heterocycles. The molecule has 6 heteroatoms. The Hall–Kier alpha value is -2.06. The zero-order chi connectivity index (χ0) is 11.7. The second-order valence-corrected chi connectivity index (χ2v) is 3.61. The molecule has 0 bridgehead atoms. The Morgan fingerprint density at radius 2 is 2.38 bits per heavy atom. The molecular formula is C10H6ClN3O2. The molecule has 16 heavy (non-hydrogen) atoms. The first-order valence-corrected chi connectivity index (χ1v) is 4.77. The molecule has 0 spiro atoms. The lowest BCUT2D eigenvalue weighted by Gasteiger charge is -1.98. The lowest BCUT2D eigenvalue weighted by Crippen LogP contribution is -2.09. The summed E-state index contributed by atoms with van der Waals surface area (Å²) >= 11 is 5.80. The van der Waals surface area contributed by atoms with Gasteiger partial charge in [-0.3, -0.25) is 9.48 Å². The second kappa shape index (κ2) is 3.83. The topological polar surface area (TPSA) is 78.9 Å². The highest BCUT2D eigenvalue weighted by atomic mass is 35.5. The van der Waals surface area contributed by atoms with Crippen molar-refractivity contribution >= 4 is 28.5 Å². The molecule has 1 heterocycles. The van der Waals surface area contributed by atoms with Crippen LogP contribution in [0.15, 0.2) is 18.2 Å². The first kappa shape index (κ1) is 10.5. The molecule has 2 aromatic rings. The van der Waals surface area contributed by atoms with Gasteiger partial charge < -0.3 is 5.11 Å². The van der Waals surface area contributed by atoms with Crippen molar-refractivity contribution in [2.45, 2.75) is 6.54 Å². The van der Waals surface area contributed by atoms with E-state index in [-0.39, 0.29) is 12.2 Å². The van der Waals surface area contributed by atoms with Gasteiger partial charge in [0.1, 0.15) is 12.6 Å². The van der Waals surface area contributed by atoms with Crippen LogP contribution >= 0.6 is 11.6 Å². The fraction of sp³-hybridized carbons (Fsp3) is 0.100. The number of aliphatic carboxylic acids is 1. The van der Waals surface area contributed by atoms with Crippen molar-refractivity contribution in [2.75, 3.05) is 0 Å². The summed E-state index contributed by atoms with van der Waals surface area (Å²) in [6.45, 7) is -0.278. The lowest BCUT2D eigenvalue weighted by molar-refractivity contribution is -0.137. The van der Waals surface area contributed by atoms with Gasteiger partial charge in [0.2, 0.25) is 0 Å². The van der Waals surface area contributed by atoms with Gasteiger partial charge in [-0.25, -0.2) is 0 Å². The summed E-state index contributed by atoms with van der Waals surface area (Å²) < 4.78 is 1.27. The van der Waals surface area contributed by atoms with Gasteiger partial charge in [-0.15, -0.1) is 0 Å². The molecule has 1 N–H and O–H groups in total. The van der Waals surface area contributed by atoms with Crippen molar-refractivity contribution in [3.05, 3.63) is 28.9 Å². The van der Waals surface area contributed by atoms with Crippen LogP contribution in [0.2, 0.25) is 5.02 Å². The van der Waals surface area contributed by atoms with Crippen LogP contribution in [0, 0.1) is 11.3 Å². The Balaban J connectivity index is 2.69. The van der Waals surface area contributed by atoms with Crippen molar-refractivity contribution in [3.8, 4) is 6.07 Å². The summed E-state index contributed by atoms with van der Waals surface area (Å²) in [4.78, 5) is 10.6. The maximum Gasteiger partial charge on any atom is 0.325 e. The number of fused-ring (bicyclic) bond motifs is 1. The number of nitrogens with zero attached hydrogens (tertiary/aromatic N) is 3. The van der Waals surface area contributed by atoms with E-state index in [2.05, 4.69) is 5.10 Å². The monoisotopic (exact) mass is 235 g/mol. The van der Waals surface area contributed by atoms with Gasteiger partial charge in [-0.2, -0.15) is 10.4 Å². The number of rotatable bonds is 2. The molecule has 0 saturated carbocycles. The number of benzene rings is 1. The third kappa shape index (κ3) is 1.71. The summed E-state index contributed by atoms with van der Waals surface area (Å²) in [7, 11) is 0. The number of hydrogen-bond acceptors (Lipinski definition) is 3. The molecule has 0 atom stereocenters. The van der Waals surface area contributed by atoms with Crippen LogP contribution in [-0.2, 0) is 11.3 Å². The largest absolute Gasteiger partial charge is 0.480 e. The summed E-state index contributed by atoms with van der Waals surface area (Å²) in [5.41, 5.74) is 0.766. The van der Waals surface area contributed by atoms with Gasteiger partial charge in [-0.1, -0.05) is 11.6 Å². The number of carboxylic acid groups (broad SMARTS) is 1. The van der Waals surface area contributed by atoms with Gasteiger partial charge in [0.15, 0.2) is 5.69 Å². The molecule has 0 aliphatic carbocycles. The van der Waals surface area contributed by atoms with Crippen molar-refractivity contribution in [1.82, 2.24) is 9.78 Å². The average Bonchev–Trinajstić information content (AvgIpc) is 2.55. The number of halogens is 1. The van der Waals surface area contributed by atoms with Crippen LogP contribution in [0.3, 0.4) is 0 Å². The number of carbonyl (C=O) groups is 1. The molecule has 0 fully saturated rings. The summed E-state index contributed by atoms with van der Waals surface area (Å²) in [5.74, 6) is -1.01. The first-order valence-electron chi connectivity index (χ1n) is 4.40. The third-order valence-corrected chi connectivity index (χ3v) is 2.34. The van der Waals surface area contributed by atoms with E-state index >= 15 is 0 Å². The molecule has 1 aromatic carbocycles. The van der Waals surface area contributed by atoms with Crippen molar-refractivity contribution < 1.29 is 9.90 Å². The molecule has 0 radical (unpaired) electrons. The summed E-state index contributed by atoms with van der Waals surface area (Å²) in [5, 5.41) is 22.5. The first-order chi connectivity index (χ1) is 7.61. The van der Waals surface area contributed by atoms with E-state index in [1.807, 2.05) is 6.07 Å². The number of carboxylic acids is 1. The normalized spacial score (nSPS) is 10.2. The molecule has 80 valence electrons. The van der Waals surface area contributed by atoms with Crippen molar-refractivity contribution in [3.63, 3.8) is 0 Å². The predicted molar refractivity (Wildman–Crippen MR) is 57.1 cm³/mol. The second-order valence-electron chi connectivity index (χ2n) is 3.17. The Labute approximate surface area is 95.5 Å². The molecule has 0 aliphatic heterocycles. The lowest BCUT2D eigenvalue weighted by atomic mass is 10.2. The fourth-order valence-electron chi connectivity index (χ4n) is 1.48. The molecule has 0 saturated heterocycles. The quantitative estimate of drug-likeness (QED) is 0.858. The van der Waals surface area contributed by atoms with E-state index in [9.17, 15) is 4.79 Å². The van der Waals surface area contributed by atoms with E-state index in [4.69, 9.17) is 22.0 Å². The van der Waals surface area contributed by atoms with Gasteiger partial charge >= 0.3 is 5.97 Å². The standard InChI is InChI=1S/C10H6ClN3O2/c11-6-1-2-9-7(3-6)8(4-12)13-14(9)5-10(15)16/h1-3H,5H2,(H,15,16). The molecule has 0 aliphatic rings. The predicted octanol–water partition coefficient (Wildman–Crippen LogP) is 1.65. The highest BCUT2D eigenvalue weighted by Crippen LogP contribution is 2.22. The van der Waals surface area contributed by atoms with Gasteiger partial charge in [-0.05, 0) is 18.2 Å². The SMILES string of the molecule is N#Cc1nn(CC(=O)O)c2ccc(Cl)cc12. The minimum Gasteiger partial charge on any atom is -0.480 e. The van der Waals surface area contributed by atoms with E-state index in [0.29, 0.717) is 15.9 Å².